The Morgan fingerprint density at radius 1 is 0.617 bits per heavy atom. The Kier molecular flexibility index (Phi) is 10.8. The van der Waals surface area contributed by atoms with Gasteiger partial charge in [-0.2, -0.15) is 0 Å². The first kappa shape index (κ1) is 35.4. The van der Waals surface area contributed by atoms with Crippen molar-refractivity contribution in [2.45, 2.75) is 105 Å². The first-order chi connectivity index (χ1) is 22.2. The van der Waals surface area contributed by atoms with Gasteiger partial charge in [0.2, 0.25) is 0 Å². The van der Waals surface area contributed by atoms with Gasteiger partial charge in [-0.1, -0.05) is 26.7 Å². The first-order valence-corrected chi connectivity index (χ1v) is 26.4. The van der Waals surface area contributed by atoms with Crippen molar-refractivity contribution < 1.29 is 13.0 Å². The number of hydrogen-bond donors (Lipinski definition) is 2. The quantitative estimate of drug-likeness (QED) is 0.121. The molecule has 0 aromatic carbocycles. The van der Waals surface area contributed by atoms with Gasteiger partial charge in [0, 0.05) is 51.1 Å². The van der Waals surface area contributed by atoms with Crippen LogP contribution in [0.4, 0.5) is 0 Å². The molecular formula is C37H54N4O3Si3. The Morgan fingerprint density at radius 3 is 1.62 bits per heavy atom. The molecule has 2 N–H and O–H groups in total. The third-order valence-electron chi connectivity index (χ3n) is 8.36. The van der Waals surface area contributed by atoms with Crippen LogP contribution in [0.15, 0.2) is 24.3 Å². The summed E-state index contributed by atoms with van der Waals surface area (Å²) in [5.41, 5.74) is 11.5. The van der Waals surface area contributed by atoms with Crippen LogP contribution in [0.3, 0.4) is 0 Å². The summed E-state index contributed by atoms with van der Waals surface area (Å²) < 4.78 is 20.0. The summed E-state index contributed by atoms with van der Waals surface area (Å²) in [6.45, 7) is 20.7. The minimum atomic E-state index is -2.86. The molecule has 2 aliphatic rings. The number of nitrogens with one attached hydrogen (secondary N) is 2. The molecule has 5 rings (SSSR count). The second kappa shape index (κ2) is 14.3. The van der Waals surface area contributed by atoms with Crippen LogP contribution in [-0.2, 0) is 32.4 Å². The van der Waals surface area contributed by atoms with Crippen LogP contribution in [0.2, 0.25) is 45.8 Å². The number of aryl methyl sites for hydroxylation is 2. The average Bonchev–Trinajstić information content (AvgIpc) is 3.78. The van der Waals surface area contributed by atoms with Crippen LogP contribution in [0.1, 0.15) is 79.0 Å². The third-order valence-corrected chi connectivity index (χ3v) is 17.8. The minimum Gasteiger partial charge on any atom is -0.433 e. The van der Waals surface area contributed by atoms with E-state index in [0.29, 0.717) is 6.61 Å². The highest BCUT2D eigenvalue weighted by atomic mass is 28.5. The van der Waals surface area contributed by atoms with Crippen LogP contribution in [0, 0.1) is 0 Å². The van der Waals surface area contributed by atoms with Gasteiger partial charge in [0.25, 0.3) is 0 Å². The highest BCUT2D eigenvalue weighted by Gasteiger charge is 2.43. The lowest BCUT2D eigenvalue weighted by Gasteiger charge is -2.38. The van der Waals surface area contributed by atoms with E-state index < -0.39 is 25.2 Å². The van der Waals surface area contributed by atoms with E-state index in [2.05, 4.69) is 118 Å². The van der Waals surface area contributed by atoms with Crippen LogP contribution >= 0.6 is 0 Å². The number of hydrogen-bond acceptors (Lipinski definition) is 5. The molecule has 8 bridgehead atoms. The van der Waals surface area contributed by atoms with Crippen LogP contribution < -0.4 is 5.19 Å². The van der Waals surface area contributed by atoms with Gasteiger partial charge in [-0.25, -0.2) is 9.97 Å². The van der Waals surface area contributed by atoms with E-state index in [-0.39, 0.29) is 0 Å². The number of nitrogens with zero attached hydrogens (tertiary/aromatic N) is 2. The standard InChI is InChI=1S/C37H54N4O3Si3/c1-11-13-15-27-30-18-17-26(38-30)23-36-37(47(10,43-45(4,5)6)44-46(7,8)9)24-35(41-36)28(16-14-12-2)32-20-22-34(40-32)29(25-42-3)33-21-19-31(27)39-33/h17-24,38,41H,11-16,25H2,1-10H3. The second-order valence-corrected chi connectivity index (χ2v) is 27.4. The minimum absolute atomic E-state index is 0.436. The highest BCUT2D eigenvalue weighted by molar-refractivity contribution is 6.95. The Bertz CT molecular complexity index is 1810. The van der Waals surface area contributed by atoms with Crippen molar-refractivity contribution in [1.82, 2.24) is 19.9 Å². The summed E-state index contributed by atoms with van der Waals surface area (Å²) in [6, 6.07) is 8.94. The molecule has 0 spiro atoms. The number of ether oxygens (including phenoxy) is 1. The summed E-state index contributed by atoms with van der Waals surface area (Å²) in [5.74, 6) is 0. The number of aromatic amines is 2. The maximum absolute atomic E-state index is 7.12. The topological polar surface area (TPSA) is 85.1 Å². The normalized spacial score (nSPS) is 13.6. The van der Waals surface area contributed by atoms with E-state index in [1.807, 2.05) is 0 Å². The van der Waals surface area contributed by atoms with Gasteiger partial charge in [-0.05, 0) is 120 Å². The molecule has 2 aliphatic heterocycles. The molecule has 7 nitrogen and oxygen atoms in total. The van der Waals surface area contributed by atoms with E-state index >= 15 is 0 Å². The molecule has 0 unspecified atom stereocenters. The maximum Gasteiger partial charge on any atom is 0.350 e. The van der Waals surface area contributed by atoms with Gasteiger partial charge in [0.05, 0.1) is 29.4 Å². The van der Waals surface area contributed by atoms with Crippen molar-refractivity contribution in [2.24, 2.45) is 0 Å². The second-order valence-electron chi connectivity index (χ2n) is 14.9. The van der Waals surface area contributed by atoms with Crippen molar-refractivity contribution >= 4 is 76.8 Å². The van der Waals surface area contributed by atoms with Crippen molar-refractivity contribution in [3.63, 3.8) is 0 Å². The lowest BCUT2D eigenvalue weighted by Crippen LogP contribution is -2.60. The summed E-state index contributed by atoms with van der Waals surface area (Å²) >= 11 is 0. The number of H-pyrrole nitrogens is 2. The fraction of sp³-hybridized carbons (Fsp3) is 0.459. The largest absolute Gasteiger partial charge is 0.433 e. The lowest BCUT2D eigenvalue weighted by molar-refractivity contribution is 0.184. The summed E-state index contributed by atoms with van der Waals surface area (Å²) in [5, 5.41) is 1.15. The molecule has 10 heteroatoms. The molecule has 0 aliphatic carbocycles. The molecule has 3 aromatic heterocycles. The fourth-order valence-corrected chi connectivity index (χ4v) is 18.4. The monoisotopic (exact) mass is 686 g/mol. The number of unbranched alkanes of at least 4 members (excludes halogenated alkanes) is 2. The molecule has 0 fully saturated rings. The molecule has 0 amide bonds. The van der Waals surface area contributed by atoms with E-state index in [9.17, 15) is 0 Å². The van der Waals surface area contributed by atoms with Gasteiger partial charge in [0.15, 0.2) is 16.6 Å². The average molecular weight is 687 g/mol. The van der Waals surface area contributed by atoms with Crippen molar-refractivity contribution in [1.29, 1.82) is 0 Å². The predicted molar refractivity (Wildman–Crippen MR) is 207 cm³/mol. The zero-order valence-corrected chi connectivity index (χ0v) is 33.2. The zero-order chi connectivity index (χ0) is 34.0. The molecular weight excluding hydrogens is 633 g/mol. The molecule has 0 saturated heterocycles. The molecule has 0 saturated carbocycles. The molecule has 252 valence electrons. The zero-order valence-electron chi connectivity index (χ0n) is 30.2. The molecule has 47 heavy (non-hydrogen) atoms. The Labute approximate surface area is 284 Å². The van der Waals surface area contributed by atoms with Crippen molar-refractivity contribution in [2.75, 3.05) is 7.11 Å². The molecule has 5 heterocycles. The van der Waals surface area contributed by atoms with E-state index in [1.165, 1.54) is 11.1 Å². The predicted octanol–water partition coefficient (Wildman–Crippen LogP) is 9.47. The smallest absolute Gasteiger partial charge is 0.350 e. The fourth-order valence-electron chi connectivity index (χ4n) is 6.58. The Hall–Kier alpha value is -2.87. The lowest BCUT2D eigenvalue weighted by atomic mass is 10.1. The van der Waals surface area contributed by atoms with Gasteiger partial charge in [-0.3, -0.25) is 0 Å². The van der Waals surface area contributed by atoms with Gasteiger partial charge in [0.1, 0.15) is 0 Å². The number of aromatic nitrogens is 4. The summed E-state index contributed by atoms with van der Waals surface area (Å²) in [7, 11) is -5.07. The highest BCUT2D eigenvalue weighted by Crippen LogP contribution is 2.29. The van der Waals surface area contributed by atoms with E-state index in [0.717, 1.165) is 94.1 Å². The van der Waals surface area contributed by atoms with Crippen LogP contribution in [0.5, 0.6) is 0 Å². The van der Waals surface area contributed by atoms with E-state index in [4.69, 9.17) is 22.9 Å². The van der Waals surface area contributed by atoms with Crippen LogP contribution in [0.25, 0.3) is 46.4 Å². The Morgan fingerprint density at radius 2 is 1.13 bits per heavy atom. The maximum atomic E-state index is 7.12. The van der Waals surface area contributed by atoms with E-state index in [1.54, 1.807) is 7.11 Å². The number of rotatable bonds is 13. The summed E-state index contributed by atoms with van der Waals surface area (Å²) in [4.78, 5) is 18.1. The van der Waals surface area contributed by atoms with Gasteiger partial charge >= 0.3 is 8.56 Å². The molecule has 3 aromatic rings. The van der Waals surface area contributed by atoms with Crippen molar-refractivity contribution in [3.8, 4) is 0 Å². The third kappa shape index (κ3) is 8.41. The van der Waals surface area contributed by atoms with Crippen molar-refractivity contribution in [3.05, 3.63) is 63.7 Å². The molecule has 0 radical (unpaired) electrons. The van der Waals surface area contributed by atoms with Gasteiger partial charge in [-0.15, -0.1) is 0 Å². The first-order valence-electron chi connectivity index (χ1n) is 17.3. The van der Waals surface area contributed by atoms with Crippen LogP contribution in [-0.4, -0.2) is 52.2 Å². The summed E-state index contributed by atoms with van der Waals surface area (Å²) in [6.07, 6.45) is 14.8. The number of methoxy groups -OCH3 is 1. The van der Waals surface area contributed by atoms with Gasteiger partial charge < -0.3 is 22.9 Å². The SMILES string of the molecule is CCCCc1c2nc(c(COC)c3nc(c(CCCC)c4cc([Si](C)(O[Si](C)(C)C)O[Si](C)(C)C)c(cc5ccc1[nH]5)[nH]4)C=C3)C=C2. The Balaban J connectivity index is 1.94. The number of fused-ring (bicyclic) bond motifs is 8. The molecule has 0 atom stereocenters.